The Morgan fingerprint density at radius 2 is 1.85 bits per heavy atom. The Hall–Kier alpha value is -1.22. The minimum Gasteiger partial charge on any atom is -0.458 e. The van der Waals surface area contributed by atoms with Crippen molar-refractivity contribution in [2.75, 3.05) is 13.1 Å². The molecule has 1 aromatic rings. The van der Waals surface area contributed by atoms with Crippen LogP contribution < -0.4 is 5.19 Å². The summed E-state index contributed by atoms with van der Waals surface area (Å²) in [7, 11) is -2.71. The monoisotopic (exact) mass is 413 g/mol. The Kier molecular flexibility index (Phi) is 7.24. The van der Waals surface area contributed by atoms with Gasteiger partial charge in [0, 0.05) is 23.3 Å². The zero-order valence-corrected chi connectivity index (χ0v) is 19.8. The molecule has 152 valence electrons. The first-order valence-electron chi connectivity index (χ1n) is 9.45. The Morgan fingerprint density at radius 3 is 2.44 bits per heavy atom. The quantitative estimate of drug-likeness (QED) is 0.516. The molecule has 1 atom stereocenters. The summed E-state index contributed by atoms with van der Waals surface area (Å²) in [5.74, 6) is -0.422. The smallest absolute Gasteiger partial charge is 0.335 e. The number of ether oxygens (including phenoxy) is 2. The first-order chi connectivity index (χ1) is 12.5. The molecule has 0 saturated carbocycles. The highest BCUT2D eigenvalue weighted by Gasteiger charge is 2.27. The van der Waals surface area contributed by atoms with E-state index in [4.69, 9.17) is 9.47 Å². The molecule has 0 aliphatic carbocycles. The minimum absolute atomic E-state index is 0.183. The fourth-order valence-corrected chi connectivity index (χ4v) is 4.91. The van der Waals surface area contributed by atoms with Crippen molar-refractivity contribution in [3.63, 3.8) is 0 Å². The van der Waals surface area contributed by atoms with E-state index in [1.165, 1.54) is 0 Å². The van der Waals surface area contributed by atoms with Crippen LogP contribution in [-0.2, 0) is 30.9 Å². The number of rotatable bonds is 6. The summed E-state index contributed by atoms with van der Waals surface area (Å²) in [5.41, 5.74) is 0.245. The molecule has 1 saturated heterocycles. The summed E-state index contributed by atoms with van der Waals surface area (Å²) >= 11 is 0. The van der Waals surface area contributed by atoms with E-state index in [-0.39, 0.29) is 6.61 Å². The summed E-state index contributed by atoms with van der Waals surface area (Å²) in [4.78, 5) is 12.4. The number of hydrogen-bond donors (Lipinski definition) is 0. The Bertz CT molecular complexity index is 767. The van der Waals surface area contributed by atoms with Crippen LogP contribution in [0.1, 0.15) is 52.5 Å². The molecule has 1 unspecified atom stereocenters. The molecule has 6 nitrogen and oxygen atoms in total. The molecule has 1 heterocycles. The van der Waals surface area contributed by atoms with Gasteiger partial charge in [-0.25, -0.2) is 13.2 Å². The van der Waals surface area contributed by atoms with Crippen LogP contribution in [0.2, 0.25) is 0 Å². The number of carbonyl (C=O) groups is 1. The van der Waals surface area contributed by atoms with E-state index >= 15 is 0 Å². The van der Waals surface area contributed by atoms with Gasteiger partial charge in [-0.1, -0.05) is 17.7 Å². The van der Waals surface area contributed by atoms with Crippen molar-refractivity contribution >= 4 is 31.4 Å². The van der Waals surface area contributed by atoms with Crippen molar-refractivity contribution in [1.82, 2.24) is 4.31 Å². The molecule has 0 N–H and O–H groups in total. The number of nitrogens with zero attached hydrogens (tertiary/aromatic N) is 1. The van der Waals surface area contributed by atoms with Gasteiger partial charge in [-0.2, -0.15) is 4.31 Å². The maximum atomic E-state index is 12.9. The van der Waals surface area contributed by atoms with Crippen molar-refractivity contribution in [3.05, 3.63) is 23.8 Å². The lowest BCUT2D eigenvalue weighted by Crippen LogP contribution is -2.36. The third-order valence-corrected chi connectivity index (χ3v) is 7.37. The van der Waals surface area contributed by atoms with Gasteiger partial charge in [0.1, 0.15) is 5.60 Å². The highest BCUT2D eigenvalue weighted by atomic mass is 32.2. The molecule has 0 bridgehead atoms. The fraction of sp³-hybridized carbons (Fsp3) is 0.632. The normalized spacial score (nSPS) is 17.6. The van der Waals surface area contributed by atoms with Crippen LogP contribution in [0, 0.1) is 0 Å². The molecule has 2 rings (SSSR count). The predicted molar refractivity (Wildman–Crippen MR) is 109 cm³/mol. The maximum absolute atomic E-state index is 12.9. The first-order valence-corrected chi connectivity index (χ1v) is 11.9. The van der Waals surface area contributed by atoms with E-state index in [0.29, 0.717) is 18.0 Å². The van der Waals surface area contributed by atoms with Crippen LogP contribution in [0.5, 0.6) is 0 Å². The molecule has 1 aliphatic heterocycles. The summed E-state index contributed by atoms with van der Waals surface area (Å²) in [5, 5.41) is 1.06. The Labute approximate surface area is 165 Å². The second-order valence-electron chi connectivity index (χ2n) is 8.04. The summed E-state index contributed by atoms with van der Waals surface area (Å²) < 4.78 is 38.3. The number of piperidine rings is 1. The summed E-state index contributed by atoms with van der Waals surface area (Å²) in [6.45, 7) is 8.41. The van der Waals surface area contributed by atoms with Crippen molar-refractivity contribution in [1.29, 1.82) is 0 Å². The van der Waals surface area contributed by atoms with Gasteiger partial charge in [0.05, 0.1) is 11.5 Å². The average Bonchev–Trinajstić information content (AvgIpc) is 2.59. The summed E-state index contributed by atoms with van der Waals surface area (Å²) in [6.07, 6.45) is 2.17. The summed E-state index contributed by atoms with van der Waals surface area (Å²) in [6, 6.07) is 5.21. The molecule has 0 amide bonds. The van der Waals surface area contributed by atoms with Crippen LogP contribution in [0.3, 0.4) is 0 Å². The average molecular weight is 414 g/mol. The third kappa shape index (κ3) is 6.13. The number of esters is 1. The van der Waals surface area contributed by atoms with Crippen molar-refractivity contribution in [2.45, 2.75) is 70.2 Å². The Balaban J connectivity index is 2.10. The van der Waals surface area contributed by atoms with Gasteiger partial charge in [0.25, 0.3) is 0 Å². The molecular weight excluding hydrogens is 382 g/mol. The largest absolute Gasteiger partial charge is 0.458 e. The zero-order valence-electron chi connectivity index (χ0n) is 16.9. The van der Waals surface area contributed by atoms with Gasteiger partial charge in [-0.05, 0) is 58.2 Å². The molecule has 1 aliphatic rings. The van der Waals surface area contributed by atoms with E-state index in [0.717, 1.165) is 40.3 Å². The van der Waals surface area contributed by atoms with Crippen molar-refractivity contribution in [3.8, 4) is 0 Å². The number of benzene rings is 1. The molecule has 27 heavy (non-hydrogen) atoms. The molecule has 0 spiro atoms. The molecule has 1 aromatic carbocycles. The molecular formula is C19H31NO5SSi. The van der Waals surface area contributed by atoms with Crippen LogP contribution in [-0.4, -0.2) is 53.7 Å². The molecule has 8 heteroatoms. The van der Waals surface area contributed by atoms with Gasteiger partial charge >= 0.3 is 5.97 Å². The van der Waals surface area contributed by atoms with E-state index in [1.54, 1.807) is 23.4 Å². The van der Waals surface area contributed by atoms with Gasteiger partial charge in [-0.15, -0.1) is 0 Å². The van der Waals surface area contributed by atoms with Crippen LogP contribution in [0.15, 0.2) is 23.1 Å². The topological polar surface area (TPSA) is 72.9 Å². The lowest BCUT2D eigenvalue weighted by Gasteiger charge is -2.26. The van der Waals surface area contributed by atoms with Gasteiger partial charge < -0.3 is 9.47 Å². The highest BCUT2D eigenvalue weighted by Crippen LogP contribution is 2.21. The third-order valence-electron chi connectivity index (χ3n) is 4.50. The van der Waals surface area contributed by atoms with E-state index in [1.807, 2.05) is 26.8 Å². The standard InChI is InChI=1S/C19H31NO5SSi/c1-14(18(21)25-19(2,3)4)24-13-15-12-16(8-9-17(15)27)26(22,23)20-10-6-5-7-11-20/h8-9,12,14H,5-7,10-11,13H2,1-4,27H3. The van der Waals surface area contributed by atoms with Crippen LogP contribution >= 0.6 is 0 Å². The second-order valence-corrected chi connectivity index (χ2v) is 11.1. The molecule has 0 aromatic heterocycles. The molecule has 1 fully saturated rings. The maximum Gasteiger partial charge on any atom is 0.335 e. The lowest BCUT2D eigenvalue weighted by molar-refractivity contribution is -0.168. The minimum atomic E-state index is -3.48. The van der Waals surface area contributed by atoms with Crippen molar-refractivity contribution in [2.24, 2.45) is 0 Å². The lowest BCUT2D eigenvalue weighted by atomic mass is 10.2. The van der Waals surface area contributed by atoms with Gasteiger partial charge in [0.15, 0.2) is 6.10 Å². The first kappa shape index (κ1) is 22.1. The predicted octanol–water partition coefficient (Wildman–Crippen LogP) is 1.10. The fourth-order valence-electron chi connectivity index (χ4n) is 2.89. The Morgan fingerprint density at radius 1 is 1.22 bits per heavy atom. The van der Waals surface area contributed by atoms with Gasteiger partial charge in [0.2, 0.25) is 10.0 Å². The van der Waals surface area contributed by atoms with E-state index in [2.05, 4.69) is 0 Å². The van der Waals surface area contributed by atoms with E-state index in [9.17, 15) is 13.2 Å². The van der Waals surface area contributed by atoms with E-state index < -0.39 is 27.7 Å². The SMILES string of the molecule is CC(OCc1cc(S(=O)(=O)N2CCCCC2)ccc1[SiH3])C(=O)OC(C)(C)C. The van der Waals surface area contributed by atoms with Crippen LogP contribution in [0.4, 0.5) is 0 Å². The zero-order chi connectivity index (χ0) is 20.2. The number of hydrogen-bond acceptors (Lipinski definition) is 5. The van der Waals surface area contributed by atoms with Crippen molar-refractivity contribution < 1.29 is 22.7 Å². The molecule has 0 radical (unpaired) electrons. The van der Waals surface area contributed by atoms with Gasteiger partial charge in [-0.3, -0.25) is 0 Å². The second kappa shape index (κ2) is 8.85. The highest BCUT2D eigenvalue weighted by molar-refractivity contribution is 7.89. The number of carbonyl (C=O) groups excluding carboxylic acids is 1. The number of sulfonamides is 1. The van der Waals surface area contributed by atoms with Crippen LogP contribution in [0.25, 0.3) is 0 Å².